The van der Waals surface area contributed by atoms with Crippen LogP contribution in [0.5, 0.6) is 0 Å². The lowest BCUT2D eigenvalue weighted by Crippen LogP contribution is -2.41. The van der Waals surface area contributed by atoms with Crippen LogP contribution in [-0.4, -0.2) is 53.9 Å². The molecule has 0 aromatic heterocycles. The molecule has 0 saturated carbocycles. The molecule has 7 heteroatoms. The minimum absolute atomic E-state index is 0.354. The standard InChI is InChI=1S/C15H25BFNO4/c1-10(8-18-7-6-11(9-18)13(19)20)12(17)16-21-14(2,3)15(4,5)22-16/h11H,6-9H2,1-5H3,(H,19,20). The molecule has 2 saturated heterocycles. The molecule has 124 valence electrons. The summed E-state index contributed by atoms with van der Waals surface area (Å²) in [6.45, 7) is 10.8. The van der Waals surface area contributed by atoms with Crippen molar-refractivity contribution in [1.82, 2.24) is 4.90 Å². The highest BCUT2D eigenvalue weighted by atomic mass is 19.1. The van der Waals surface area contributed by atoms with Crippen molar-refractivity contribution in [3.63, 3.8) is 0 Å². The van der Waals surface area contributed by atoms with Gasteiger partial charge < -0.3 is 14.4 Å². The summed E-state index contributed by atoms with van der Waals surface area (Å²) in [6.07, 6.45) is 0.612. The Balaban J connectivity index is 2.01. The molecule has 0 bridgehead atoms. The van der Waals surface area contributed by atoms with Crippen molar-refractivity contribution in [1.29, 1.82) is 0 Å². The third-order valence-corrected chi connectivity index (χ3v) is 4.95. The number of nitrogens with zero attached hydrogens (tertiary/aromatic N) is 1. The molecule has 5 nitrogen and oxygen atoms in total. The highest BCUT2D eigenvalue weighted by Gasteiger charge is 2.53. The fourth-order valence-electron chi connectivity index (χ4n) is 2.74. The lowest BCUT2D eigenvalue weighted by Gasteiger charge is -2.32. The quantitative estimate of drug-likeness (QED) is 0.807. The zero-order valence-electron chi connectivity index (χ0n) is 14.0. The predicted molar refractivity (Wildman–Crippen MR) is 82.1 cm³/mol. The van der Waals surface area contributed by atoms with Gasteiger partial charge in [-0.05, 0) is 53.2 Å². The maximum atomic E-state index is 14.6. The van der Waals surface area contributed by atoms with Gasteiger partial charge in [0.05, 0.1) is 17.1 Å². The van der Waals surface area contributed by atoms with Crippen LogP contribution in [0.3, 0.4) is 0 Å². The first-order chi connectivity index (χ1) is 10.0. The zero-order chi connectivity index (χ0) is 16.7. The summed E-state index contributed by atoms with van der Waals surface area (Å²) in [5.41, 5.74) is -1.02. The van der Waals surface area contributed by atoms with Gasteiger partial charge in [-0.25, -0.2) is 4.39 Å². The van der Waals surface area contributed by atoms with Gasteiger partial charge in [-0.1, -0.05) is 0 Å². The monoisotopic (exact) mass is 313 g/mol. The maximum absolute atomic E-state index is 14.6. The Kier molecular flexibility index (Phi) is 4.71. The average Bonchev–Trinajstić information content (AvgIpc) is 2.92. The van der Waals surface area contributed by atoms with Crippen molar-refractivity contribution in [2.45, 2.75) is 52.2 Å². The highest BCUT2D eigenvalue weighted by Crippen LogP contribution is 2.39. The van der Waals surface area contributed by atoms with Crippen LogP contribution < -0.4 is 0 Å². The summed E-state index contributed by atoms with van der Waals surface area (Å²) < 4.78 is 26.0. The molecular formula is C15H25BFNO4. The number of carboxylic acid groups (broad SMARTS) is 1. The van der Waals surface area contributed by atoms with Gasteiger partial charge in [0.15, 0.2) is 0 Å². The number of hydrogen-bond donors (Lipinski definition) is 1. The molecule has 2 aliphatic heterocycles. The van der Waals surface area contributed by atoms with Crippen molar-refractivity contribution in [3.05, 3.63) is 11.3 Å². The Hall–Kier alpha value is -0.915. The van der Waals surface area contributed by atoms with Crippen molar-refractivity contribution >= 4 is 13.1 Å². The van der Waals surface area contributed by atoms with Gasteiger partial charge in [-0.2, -0.15) is 0 Å². The first-order valence-electron chi connectivity index (χ1n) is 7.69. The van der Waals surface area contributed by atoms with E-state index in [0.717, 1.165) is 0 Å². The number of halogens is 1. The Morgan fingerprint density at radius 2 is 1.86 bits per heavy atom. The van der Waals surface area contributed by atoms with Gasteiger partial charge >= 0.3 is 13.1 Å². The van der Waals surface area contributed by atoms with Crippen LogP contribution in [0.2, 0.25) is 0 Å². The Bertz CT molecular complexity index is 476. The molecule has 0 radical (unpaired) electrons. The van der Waals surface area contributed by atoms with Crippen LogP contribution in [0.25, 0.3) is 0 Å². The minimum Gasteiger partial charge on any atom is -0.481 e. The maximum Gasteiger partial charge on any atom is 0.525 e. The van der Waals surface area contributed by atoms with Crippen LogP contribution in [0.4, 0.5) is 4.39 Å². The van der Waals surface area contributed by atoms with Gasteiger partial charge in [-0.15, -0.1) is 0 Å². The van der Waals surface area contributed by atoms with Gasteiger partial charge in [0.25, 0.3) is 0 Å². The van der Waals surface area contributed by atoms with Gasteiger partial charge in [0, 0.05) is 13.1 Å². The third-order valence-electron chi connectivity index (χ3n) is 4.95. The smallest absolute Gasteiger partial charge is 0.481 e. The van der Waals surface area contributed by atoms with E-state index in [2.05, 4.69) is 0 Å². The second-order valence-electron chi connectivity index (χ2n) is 7.28. The van der Waals surface area contributed by atoms with E-state index in [-0.39, 0.29) is 5.92 Å². The predicted octanol–water partition coefficient (Wildman–Crippen LogP) is 2.27. The number of aliphatic carboxylic acids is 1. The first-order valence-corrected chi connectivity index (χ1v) is 7.69. The topological polar surface area (TPSA) is 59.0 Å². The third kappa shape index (κ3) is 3.36. The van der Waals surface area contributed by atoms with Crippen LogP contribution in [0.1, 0.15) is 41.0 Å². The fraction of sp³-hybridized carbons (Fsp3) is 0.800. The SMILES string of the molecule is CC(CN1CCC(C(=O)O)C1)=C(F)B1OC(C)(C)C(C)(C)O1. The van der Waals surface area contributed by atoms with E-state index in [1.165, 1.54) is 0 Å². The normalized spacial score (nSPS) is 28.8. The van der Waals surface area contributed by atoms with Gasteiger partial charge in [0.1, 0.15) is 5.73 Å². The summed E-state index contributed by atoms with van der Waals surface area (Å²) in [5, 5.41) is 9.01. The van der Waals surface area contributed by atoms with Gasteiger partial charge in [-0.3, -0.25) is 9.69 Å². The molecule has 0 aromatic rings. The van der Waals surface area contributed by atoms with Crippen molar-refractivity contribution < 1.29 is 23.6 Å². The molecule has 0 aliphatic carbocycles. The largest absolute Gasteiger partial charge is 0.525 e. The number of likely N-dealkylation sites (tertiary alicyclic amines) is 1. The Morgan fingerprint density at radius 1 is 1.32 bits per heavy atom. The Morgan fingerprint density at radius 3 is 2.32 bits per heavy atom. The van der Waals surface area contributed by atoms with E-state index < -0.39 is 30.0 Å². The van der Waals surface area contributed by atoms with E-state index in [1.807, 2.05) is 32.6 Å². The summed E-state index contributed by atoms with van der Waals surface area (Å²) in [4.78, 5) is 12.9. The van der Waals surface area contributed by atoms with E-state index in [9.17, 15) is 9.18 Å². The molecule has 0 amide bonds. The summed E-state index contributed by atoms with van der Waals surface area (Å²) in [5.74, 6) is -1.14. The molecular weight excluding hydrogens is 288 g/mol. The van der Waals surface area contributed by atoms with Gasteiger partial charge in [0.2, 0.25) is 0 Å². The number of carbonyl (C=O) groups is 1. The number of rotatable bonds is 4. The molecule has 2 aliphatic rings. The van der Waals surface area contributed by atoms with Crippen LogP contribution >= 0.6 is 0 Å². The molecule has 2 fully saturated rings. The van der Waals surface area contributed by atoms with Crippen LogP contribution in [-0.2, 0) is 14.1 Å². The van der Waals surface area contributed by atoms with Crippen molar-refractivity contribution in [2.24, 2.45) is 5.92 Å². The van der Waals surface area contributed by atoms with Crippen LogP contribution in [0.15, 0.2) is 11.3 Å². The van der Waals surface area contributed by atoms with E-state index in [4.69, 9.17) is 14.4 Å². The van der Waals surface area contributed by atoms with Crippen LogP contribution in [0, 0.1) is 5.92 Å². The number of hydrogen-bond acceptors (Lipinski definition) is 4. The van der Waals surface area contributed by atoms with E-state index in [1.54, 1.807) is 6.92 Å². The molecule has 0 spiro atoms. The summed E-state index contributed by atoms with van der Waals surface area (Å²) in [7, 11) is -0.983. The molecule has 1 atom stereocenters. The molecule has 1 unspecified atom stereocenters. The summed E-state index contributed by atoms with van der Waals surface area (Å²) >= 11 is 0. The minimum atomic E-state index is -0.983. The number of carboxylic acids is 1. The molecule has 2 rings (SSSR count). The summed E-state index contributed by atoms with van der Waals surface area (Å²) in [6, 6.07) is 0. The molecule has 0 aromatic carbocycles. The molecule has 2 heterocycles. The zero-order valence-corrected chi connectivity index (χ0v) is 14.0. The lowest BCUT2D eigenvalue weighted by atomic mass is 9.85. The molecule has 1 N–H and O–H groups in total. The molecule has 22 heavy (non-hydrogen) atoms. The second kappa shape index (κ2) is 5.94. The fourth-order valence-corrected chi connectivity index (χ4v) is 2.74. The van der Waals surface area contributed by atoms with E-state index in [0.29, 0.717) is 31.6 Å². The van der Waals surface area contributed by atoms with E-state index >= 15 is 0 Å². The average molecular weight is 313 g/mol. The Labute approximate surface area is 131 Å². The second-order valence-corrected chi connectivity index (χ2v) is 7.28. The lowest BCUT2D eigenvalue weighted by molar-refractivity contribution is -0.141. The van der Waals surface area contributed by atoms with Crippen molar-refractivity contribution in [3.8, 4) is 0 Å². The van der Waals surface area contributed by atoms with Crippen molar-refractivity contribution in [2.75, 3.05) is 19.6 Å². The first kappa shape index (κ1) is 17.4. The highest BCUT2D eigenvalue weighted by molar-refractivity contribution is 6.53.